The highest BCUT2D eigenvalue weighted by Gasteiger charge is 2.45. The molecular formula is C25H42F2O6. The second-order valence-electron chi connectivity index (χ2n) is 9.55. The number of hydrogen-bond acceptors (Lipinski definition) is 5. The van der Waals surface area contributed by atoms with Gasteiger partial charge in [0.15, 0.2) is 6.29 Å². The summed E-state index contributed by atoms with van der Waals surface area (Å²) in [4.78, 5) is 10.6. The first-order valence-electron chi connectivity index (χ1n) is 12.6. The van der Waals surface area contributed by atoms with Crippen LogP contribution in [0.2, 0.25) is 0 Å². The molecule has 0 radical (unpaired) electrons. The van der Waals surface area contributed by atoms with Crippen LogP contribution in [0.4, 0.5) is 8.78 Å². The zero-order chi connectivity index (χ0) is 24.3. The Morgan fingerprint density at radius 3 is 2.70 bits per heavy atom. The molecule has 2 unspecified atom stereocenters. The van der Waals surface area contributed by atoms with Crippen LogP contribution >= 0.6 is 0 Å². The fraction of sp³-hybridized carbons (Fsp3) is 0.880. The van der Waals surface area contributed by atoms with Gasteiger partial charge < -0.3 is 24.8 Å². The highest BCUT2D eigenvalue weighted by molar-refractivity contribution is 5.66. The Balaban J connectivity index is 1.98. The van der Waals surface area contributed by atoms with Gasteiger partial charge in [0.25, 0.3) is 5.92 Å². The second-order valence-corrected chi connectivity index (χ2v) is 9.55. The molecule has 6 nitrogen and oxygen atoms in total. The quantitative estimate of drug-likeness (QED) is 0.226. The van der Waals surface area contributed by atoms with E-state index in [0.717, 1.165) is 19.3 Å². The largest absolute Gasteiger partial charge is 0.481 e. The first-order valence-corrected chi connectivity index (χ1v) is 12.6. The number of alkyl halides is 2. The second kappa shape index (κ2) is 14.3. The van der Waals surface area contributed by atoms with Crippen molar-refractivity contribution >= 4 is 5.97 Å². The summed E-state index contributed by atoms with van der Waals surface area (Å²) in [6, 6.07) is 0. The van der Waals surface area contributed by atoms with E-state index in [9.17, 15) is 23.8 Å². The summed E-state index contributed by atoms with van der Waals surface area (Å²) in [6.45, 7) is 2.48. The molecule has 0 aromatic rings. The molecule has 1 aliphatic carbocycles. The smallest absolute Gasteiger partial charge is 0.303 e. The lowest BCUT2D eigenvalue weighted by atomic mass is 9.85. The van der Waals surface area contributed by atoms with E-state index in [1.807, 2.05) is 19.1 Å². The minimum atomic E-state index is -3.12. The number of ether oxygens (including phenoxy) is 2. The first-order chi connectivity index (χ1) is 15.7. The van der Waals surface area contributed by atoms with Gasteiger partial charge in [-0.3, -0.25) is 4.79 Å². The van der Waals surface area contributed by atoms with Crippen LogP contribution in [0.3, 0.4) is 0 Å². The molecule has 2 fully saturated rings. The minimum absolute atomic E-state index is 0.0433. The Hall–Kier alpha value is -1.09. The Morgan fingerprint density at radius 2 is 2.03 bits per heavy atom. The maximum absolute atomic E-state index is 14.3. The molecule has 0 amide bonds. The van der Waals surface area contributed by atoms with E-state index in [1.165, 1.54) is 0 Å². The monoisotopic (exact) mass is 476 g/mol. The van der Waals surface area contributed by atoms with Gasteiger partial charge in [-0.25, -0.2) is 8.78 Å². The average Bonchev–Trinajstić information content (AvgIpc) is 3.07. The number of aliphatic hydroxyl groups excluding tert-OH is 2. The predicted molar refractivity (Wildman–Crippen MR) is 121 cm³/mol. The number of unbranched alkanes of at least 4 members (excludes halogenated alkanes) is 2. The van der Waals surface area contributed by atoms with Crippen molar-refractivity contribution < 1.29 is 38.4 Å². The molecule has 1 heterocycles. The van der Waals surface area contributed by atoms with Gasteiger partial charge in [-0.05, 0) is 69.6 Å². The van der Waals surface area contributed by atoms with Crippen LogP contribution in [-0.4, -0.2) is 58.4 Å². The Morgan fingerprint density at radius 1 is 1.24 bits per heavy atom. The SMILES string of the molecule is CCCCC(F)(F)C(O)CC[C@@H]1[C@@H](CC=CCCCC(=O)O)[C@@H](O)C[C@H]1OC1CCCCO1. The third-order valence-electron chi connectivity index (χ3n) is 6.92. The molecule has 3 N–H and O–H groups in total. The fourth-order valence-corrected chi connectivity index (χ4v) is 4.93. The van der Waals surface area contributed by atoms with Gasteiger partial charge in [0.1, 0.15) is 6.10 Å². The van der Waals surface area contributed by atoms with Crippen LogP contribution in [-0.2, 0) is 14.3 Å². The van der Waals surface area contributed by atoms with E-state index in [0.29, 0.717) is 51.6 Å². The van der Waals surface area contributed by atoms with Crippen LogP contribution in [0.1, 0.15) is 90.4 Å². The third-order valence-corrected chi connectivity index (χ3v) is 6.92. The van der Waals surface area contributed by atoms with Crippen molar-refractivity contribution in [3.05, 3.63) is 12.2 Å². The van der Waals surface area contributed by atoms with Crippen LogP contribution in [0, 0.1) is 11.8 Å². The van der Waals surface area contributed by atoms with Gasteiger partial charge >= 0.3 is 5.97 Å². The van der Waals surface area contributed by atoms with Crippen molar-refractivity contribution in [1.82, 2.24) is 0 Å². The van der Waals surface area contributed by atoms with Crippen LogP contribution < -0.4 is 0 Å². The zero-order valence-electron chi connectivity index (χ0n) is 19.8. The number of carboxylic acid groups (broad SMARTS) is 1. The lowest BCUT2D eigenvalue weighted by Crippen LogP contribution is -2.36. The van der Waals surface area contributed by atoms with E-state index >= 15 is 0 Å². The fourth-order valence-electron chi connectivity index (χ4n) is 4.93. The molecule has 8 heteroatoms. The molecule has 192 valence electrons. The summed E-state index contributed by atoms with van der Waals surface area (Å²) in [7, 11) is 0. The van der Waals surface area contributed by atoms with Crippen LogP contribution in [0.25, 0.3) is 0 Å². The normalized spacial score (nSPS) is 29.5. The maximum atomic E-state index is 14.3. The van der Waals surface area contributed by atoms with Gasteiger partial charge in [0, 0.05) is 25.9 Å². The first kappa shape index (κ1) is 28.1. The summed E-state index contributed by atoms with van der Waals surface area (Å²) < 4.78 is 40.5. The molecule has 1 aliphatic heterocycles. The molecule has 1 saturated carbocycles. The number of allylic oxidation sites excluding steroid dienone is 2. The standard InChI is InChI=1S/C25H42F2O6/c1-2-3-15-25(26,27)22(29)14-13-19-18(10-6-4-5-7-11-23(30)31)20(28)17-21(19)33-24-12-8-9-16-32-24/h4,6,18-22,24,28-29H,2-3,5,7-17H2,1H3,(H,30,31)/t18-,19-,20+,21-,22?,24?/m1/s1. The van der Waals surface area contributed by atoms with Crippen molar-refractivity contribution in [2.75, 3.05) is 6.61 Å². The van der Waals surface area contributed by atoms with Gasteiger partial charge in [0.2, 0.25) is 0 Å². The number of aliphatic carboxylic acids is 1. The summed E-state index contributed by atoms with van der Waals surface area (Å²) in [5.41, 5.74) is 0. The van der Waals surface area contributed by atoms with Crippen molar-refractivity contribution in [1.29, 1.82) is 0 Å². The number of carbonyl (C=O) groups is 1. The highest BCUT2D eigenvalue weighted by atomic mass is 19.3. The Kier molecular flexibility index (Phi) is 12.2. The van der Waals surface area contributed by atoms with Gasteiger partial charge in [-0.2, -0.15) is 0 Å². The van der Waals surface area contributed by atoms with Crippen LogP contribution in [0.5, 0.6) is 0 Å². The molecule has 0 bridgehead atoms. The molecule has 2 rings (SSSR count). The third kappa shape index (κ3) is 9.59. The van der Waals surface area contributed by atoms with Crippen LogP contribution in [0.15, 0.2) is 12.2 Å². The van der Waals surface area contributed by atoms with E-state index in [-0.39, 0.29) is 43.5 Å². The molecule has 6 atom stereocenters. The van der Waals surface area contributed by atoms with E-state index in [2.05, 4.69) is 0 Å². The molecule has 0 aromatic heterocycles. The summed E-state index contributed by atoms with van der Waals surface area (Å²) in [5.74, 6) is -4.26. The molecule has 33 heavy (non-hydrogen) atoms. The minimum Gasteiger partial charge on any atom is -0.481 e. The van der Waals surface area contributed by atoms with Gasteiger partial charge in [-0.15, -0.1) is 0 Å². The number of hydrogen-bond donors (Lipinski definition) is 3. The van der Waals surface area contributed by atoms with E-state index in [1.54, 1.807) is 0 Å². The average molecular weight is 477 g/mol. The number of halogens is 2. The predicted octanol–water partition coefficient (Wildman–Crippen LogP) is 5.06. The van der Waals surface area contributed by atoms with Gasteiger partial charge in [0.05, 0.1) is 12.2 Å². The Labute approximate surface area is 196 Å². The van der Waals surface area contributed by atoms with Crippen molar-refractivity contribution in [3.8, 4) is 0 Å². The molecular weight excluding hydrogens is 434 g/mol. The van der Waals surface area contributed by atoms with Gasteiger partial charge in [-0.1, -0.05) is 25.5 Å². The molecule has 1 saturated heterocycles. The molecule has 0 aromatic carbocycles. The summed E-state index contributed by atoms with van der Waals surface area (Å²) >= 11 is 0. The van der Waals surface area contributed by atoms with Crippen molar-refractivity contribution in [2.45, 2.75) is 121 Å². The zero-order valence-corrected chi connectivity index (χ0v) is 19.8. The number of aliphatic hydroxyl groups is 2. The number of rotatable bonds is 15. The molecule has 0 spiro atoms. The lowest BCUT2D eigenvalue weighted by Gasteiger charge is -2.31. The van der Waals surface area contributed by atoms with Crippen molar-refractivity contribution in [3.63, 3.8) is 0 Å². The maximum Gasteiger partial charge on any atom is 0.303 e. The Bertz CT molecular complexity index is 593. The summed E-state index contributed by atoms with van der Waals surface area (Å²) in [6.07, 6.45) is 6.95. The van der Waals surface area contributed by atoms with E-state index in [4.69, 9.17) is 14.6 Å². The van der Waals surface area contributed by atoms with E-state index < -0.39 is 24.1 Å². The number of carboxylic acids is 1. The topological polar surface area (TPSA) is 96.2 Å². The highest BCUT2D eigenvalue weighted by Crippen LogP contribution is 2.42. The van der Waals surface area contributed by atoms with Crippen molar-refractivity contribution in [2.24, 2.45) is 11.8 Å². The molecule has 2 aliphatic rings. The lowest BCUT2D eigenvalue weighted by molar-refractivity contribution is -0.197. The summed E-state index contributed by atoms with van der Waals surface area (Å²) in [5, 5.41) is 29.7.